The molecule has 1 heterocycles. The molecule has 0 aromatic carbocycles. The number of ketones is 2. The summed E-state index contributed by atoms with van der Waals surface area (Å²) in [4.78, 5) is 43.6. The highest BCUT2D eigenvalue weighted by atomic mass is 28.4. The van der Waals surface area contributed by atoms with Gasteiger partial charge in [-0.05, 0) is 97.6 Å². The summed E-state index contributed by atoms with van der Waals surface area (Å²) < 4.78 is 40.8. The van der Waals surface area contributed by atoms with Crippen molar-refractivity contribution in [1.29, 1.82) is 0 Å². The Hall–Kier alpha value is -1.04. The molecule has 0 unspecified atom stereocenters. The fraction of sp³-hybridized carbons (Fsp3) is 0.884. The van der Waals surface area contributed by atoms with Gasteiger partial charge in [-0.3, -0.25) is 14.4 Å². The van der Waals surface area contributed by atoms with Gasteiger partial charge in [-0.1, -0.05) is 69.2 Å². The Labute approximate surface area is 342 Å². The number of hydrogen-bond donors (Lipinski definition) is 0. The van der Waals surface area contributed by atoms with E-state index in [0.717, 1.165) is 19.3 Å². The quantitative estimate of drug-likeness (QED) is 0.0778. The molecule has 0 radical (unpaired) electrons. The summed E-state index contributed by atoms with van der Waals surface area (Å²) in [6.07, 6.45) is 4.17. The highest BCUT2D eigenvalue weighted by Crippen LogP contribution is 2.80. The number of carbonyl (C=O) groups excluding carboxylic acids is 3. The minimum absolute atomic E-state index is 0.00549. The molecule has 10 nitrogen and oxygen atoms in total. The monoisotopic (exact) mass is 835 g/mol. The Balaban J connectivity index is 1.60. The number of Topliss-reactive ketones (excluding diaryl/α,β-unsaturated/α-hetero) is 1. The molecule has 3 saturated carbocycles. The van der Waals surface area contributed by atoms with E-state index in [2.05, 4.69) is 109 Å². The molecule has 1 amide bonds. The van der Waals surface area contributed by atoms with Crippen LogP contribution in [0.25, 0.3) is 0 Å². The van der Waals surface area contributed by atoms with Crippen LogP contribution < -0.4 is 0 Å². The molecule has 0 N–H and O–H groups in total. The van der Waals surface area contributed by atoms with Gasteiger partial charge < -0.3 is 32.4 Å². The van der Waals surface area contributed by atoms with Crippen LogP contribution in [0.3, 0.4) is 0 Å². The summed E-state index contributed by atoms with van der Waals surface area (Å²) in [5.41, 5.74) is -2.81. The number of hydrogen-bond acceptors (Lipinski definition) is 9. The number of ether oxygens (including phenoxy) is 3. The maximum absolute atomic E-state index is 14.6. The molecule has 320 valence electrons. The summed E-state index contributed by atoms with van der Waals surface area (Å²) in [7, 11) is -4.91. The van der Waals surface area contributed by atoms with E-state index in [-0.39, 0.29) is 58.9 Å². The zero-order valence-corrected chi connectivity index (χ0v) is 41.4. The third-order valence-corrected chi connectivity index (χ3v) is 29.9. The topological polar surface area (TPSA) is 113 Å². The average molecular weight is 836 g/mol. The van der Waals surface area contributed by atoms with E-state index in [9.17, 15) is 14.4 Å². The van der Waals surface area contributed by atoms with Gasteiger partial charge >= 0.3 is 0 Å². The van der Waals surface area contributed by atoms with Crippen molar-refractivity contribution < 1.29 is 41.9 Å². The lowest BCUT2D eigenvalue weighted by Crippen LogP contribution is -2.69. The SMILES string of the molecule is COCO[C@@H]1C[C@]2(CN(CCO[Si](C)(C)C(C)(C)C)C(C)=O)C(=O)C(=O)C=C2[C@@]23C[C@H](O[Si](C)(C)C(C)(C)C)[C@@H]4C[C@@H](O[Si](C)(C)C(C)(C)C)CC[C@]4(C)[C@@]12O3. The first kappa shape index (κ1) is 46.0. The second-order valence-corrected chi connectivity index (χ2v) is 37.1. The highest BCUT2D eigenvalue weighted by molar-refractivity contribution is 6.75. The third-order valence-electron chi connectivity index (χ3n) is 16.3. The number of carbonyl (C=O) groups is 3. The van der Waals surface area contributed by atoms with Crippen LogP contribution in [0.4, 0.5) is 0 Å². The third kappa shape index (κ3) is 7.30. The molecular weight excluding hydrogens is 759 g/mol. The number of allylic oxidation sites excluding steroid dienone is 1. The van der Waals surface area contributed by atoms with Crippen LogP contribution in [0.5, 0.6) is 0 Å². The van der Waals surface area contributed by atoms with Crippen molar-refractivity contribution >= 4 is 42.4 Å². The molecule has 13 heteroatoms. The smallest absolute Gasteiger partial charge is 0.222 e. The van der Waals surface area contributed by atoms with Gasteiger partial charge in [0.1, 0.15) is 18.0 Å². The molecule has 5 rings (SSSR count). The van der Waals surface area contributed by atoms with Crippen LogP contribution in [0.2, 0.25) is 54.4 Å². The number of epoxide rings is 1. The van der Waals surface area contributed by atoms with Gasteiger partial charge in [0.15, 0.2) is 25.0 Å². The van der Waals surface area contributed by atoms with Gasteiger partial charge in [-0.15, -0.1) is 0 Å². The van der Waals surface area contributed by atoms with Crippen LogP contribution in [0, 0.1) is 16.7 Å². The molecule has 4 aliphatic carbocycles. The van der Waals surface area contributed by atoms with Crippen LogP contribution in [0.15, 0.2) is 11.6 Å². The lowest BCUT2D eigenvalue weighted by Gasteiger charge is -2.61. The fourth-order valence-corrected chi connectivity index (χ4v) is 13.7. The highest BCUT2D eigenvalue weighted by Gasteiger charge is 2.90. The number of rotatable bonds is 13. The minimum atomic E-state index is -2.33. The fourth-order valence-electron chi connectivity index (χ4n) is 9.92. The first-order chi connectivity index (χ1) is 25.3. The van der Waals surface area contributed by atoms with Crippen molar-refractivity contribution in [2.75, 3.05) is 33.6 Å². The van der Waals surface area contributed by atoms with Gasteiger partial charge in [-0.2, -0.15) is 0 Å². The molecule has 8 atom stereocenters. The Kier molecular flexibility index (Phi) is 12.0. The van der Waals surface area contributed by atoms with E-state index in [1.165, 1.54) is 6.92 Å². The van der Waals surface area contributed by atoms with E-state index >= 15 is 0 Å². The van der Waals surface area contributed by atoms with Crippen molar-refractivity contribution in [3.63, 3.8) is 0 Å². The van der Waals surface area contributed by atoms with Gasteiger partial charge in [0.2, 0.25) is 17.5 Å². The summed E-state index contributed by atoms with van der Waals surface area (Å²) in [6, 6.07) is 0. The van der Waals surface area contributed by atoms with Gasteiger partial charge in [0.05, 0.1) is 24.2 Å². The molecular formula is C43H77NO9Si3. The van der Waals surface area contributed by atoms with Crippen LogP contribution in [-0.2, 0) is 41.9 Å². The van der Waals surface area contributed by atoms with Crippen molar-refractivity contribution in [2.45, 2.75) is 192 Å². The van der Waals surface area contributed by atoms with Crippen molar-refractivity contribution in [3.8, 4) is 0 Å². The Morgan fingerprint density at radius 3 is 2.00 bits per heavy atom. The number of methoxy groups -OCH3 is 1. The van der Waals surface area contributed by atoms with E-state index in [1.54, 1.807) is 18.1 Å². The zero-order valence-electron chi connectivity index (χ0n) is 38.4. The first-order valence-electron chi connectivity index (χ1n) is 21.2. The number of nitrogens with zero attached hydrogens (tertiary/aromatic N) is 1. The largest absolute Gasteiger partial charge is 0.415 e. The van der Waals surface area contributed by atoms with Crippen LogP contribution >= 0.6 is 0 Å². The lowest BCUT2D eigenvalue weighted by atomic mass is 9.44. The minimum Gasteiger partial charge on any atom is -0.415 e. The standard InChI is InChI=1S/C43H77NO9Si3/c1-29(45)44(21-22-50-54(13,14)37(2,3)4)27-41-26-35(49-28-48-12)43-40(11)20-19-30(51-55(15,16)38(5,6)7)23-31(40)33(52-56(17,18)39(8,9)10)25-42(43,53-43)34(41)24-32(46)36(41)47/h24,30-31,33,35H,19-23,25-28H2,1-18H3/t30-,31-,33-,35+,40-,41+,42-,43-/m0/s1. The molecule has 56 heavy (non-hydrogen) atoms. The molecule has 5 aliphatic rings. The summed E-state index contributed by atoms with van der Waals surface area (Å²) >= 11 is 0. The van der Waals surface area contributed by atoms with Crippen LogP contribution in [0.1, 0.15) is 108 Å². The zero-order chi connectivity index (χ0) is 42.5. The molecule has 1 saturated heterocycles. The normalized spacial score (nSPS) is 35.0. The Morgan fingerprint density at radius 2 is 1.46 bits per heavy atom. The summed E-state index contributed by atoms with van der Waals surface area (Å²) in [6.45, 7) is 38.5. The van der Waals surface area contributed by atoms with Gasteiger partial charge in [-0.25, -0.2) is 0 Å². The lowest BCUT2D eigenvalue weighted by molar-refractivity contribution is -0.179. The maximum Gasteiger partial charge on any atom is 0.222 e. The molecule has 0 aromatic heterocycles. The van der Waals surface area contributed by atoms with E-state index in [4.69, 9.17) is 27.5 Å². The maximum atomic E-state index is 14.6. The summed E-state index contributed by atoms with van der Waals surface area (Å²) in [5.74, 6) is -1.10. The van der Waals surface area contributed by atoms with Gasteiger partial charge in [0, 0.05) is 45.1 Å². The molecule has 0 bridgehead atoms. The van der Waals surface area contributed by atoms with Gasteiger partial charge in [0.25, 0.3) is 0 Å². The Morgan fingerprint density at radius 1 is 0.893 bits per heavy atom. The second-order valence-electron chi connectivity index (χ2n) is 22.7. The van der Waals surface area contributed by atoms with Crippen molar-refractivity contribution in [1.82, 2.24) is 4.90 Å². The van der Waals surface area contributed by atoms with Crippen molar-refractivity contribution in [3.05, 3.63) is 11.6 Å². The molecule has 4 fully saturated rings. The number of fused-ring (bicyclic) bond motifs is 2. The van der Waals surface area contributed by atoms with Crippen LogP contribution in [-0.4, -0.2) is 110 Å². The predicted octanol–water partition coefficient (Wildman–Crippen LogP) is 8.81. The summed E-state index contributed by atoms with van der Waals surface area (Å²) in [5, 5.41) is 0.0416. The van der Waals surface area contributed by atoms with Crippen molar-refractivity contribution in [2.24, 2.45) is 16.7 Å². The van der Waals surface area contributed by atoms with E-state index in [0.29, 0.717) is 25.1 Å². The van der Waals surface area contributed by atoms with E-state index < -0.39 is 64.7 Å². The molecule has 0 aromatic rings. The molecule has 1 aliphatic heterocycles. The molecule has 0 spiro atoms. The Bertz CT molecular complexity index is 1590. The average Bonchev–Trinajstić information content (AvgIpc) is 3.68. The van der Waals surface area contributed by atoms with E-state index in [1.807, 2.05) is 0 Å². The second kappa shape index (κ2) is 14.6. The predicted molar refractivity (Wildman–Crippen MR) is 228 cm³/mol. The number of amides is 1. The first-order valence-corrected chi connectivity index (χ1v) is 29.9.